The Morgan fingerprint density at radius 3 is 2.47 bits per heavy atom. The number of hydrogen-bond donors (Lipinski definition) is 0. The molecule has 2 aliphatic rings. The normalized spacial score (nSPS) is 20.4. The second-order valence-corrected chi connectivity index (χ2v) is 5.03. The van der Waals surface area contributed by atoms with E-state index in [2.05, 4.69) is 29.3 Å². The first-order valence-corrected chi connectivity index (χ1v) is 6.11. The van der Waals surface area contributed by atoms with Crippen LogP contribution in [-0.4, -0.2) is 19.9 Å². The molecule has 0 saturated carbocycles. The number of methoxy groups -OCH3 is 1. The lowest BCUT2D eigenvalue weighted by Gasteiger charge is -2.29. The van der Waals surface area contributed by atoms with Crippen molar-refractivity contribution in [1.29, 1.82) is 0 Å². The summed E-state index contributed by atoms with van der Waals surface area (Å²) >= 11 is 0. The van der Waals surface area contributed by atoms with Gasteiger partial charge < -0.3 is 4.74 Å². The molecule has 0 fully saturated rings. The molecule has 0 amide bonds. The summed E-state index contributed by atoms with van der Waals surface area (Å²) in [5.74, 6) is 0. The number of benzene rings is 1. The van der Waals surface area contributed by atoms with Crippen LogP contribution >= 0.6 is 0 Å². The Labute approximate surface area is 102 Å². The van der Waals surface area contributed by atoms with Gasteiger partial charge in [-0.2, -0.15) is 0 Å². The standard InChI is InChI=1S/C15H17NO/c1-17-11-15(14-6-7-16-10-14)8-12-4-2-3-5-13(12)9-15/h2-5,7,10H,6,8-9,11H2,1H3. The first-order chi connectivity index (χ1) is 8.34. The first kappa shape index (κ1) is 10.7. The highest BCUT2D eigenvalue weighted by Crippen LogP contribution is 2.44. The molecule has 88 valence electrons. The van der Waals surface area contributed by atoms with E-state index in [1.54, 1.807) is 7.11 Å². The predicted octanol–water partition coefficient (Wildman–Crippen LogP) is 2.78. The van der Waals surface area contributed by atoms with Crippen LogP contribution in [0.3, 0.4) is 0 Å². The van der Waals surface area contributed by atoms with Crippen molar-refractivity contribution >= 4 is 6.21 Å². The number of hydrogen-bond acceptors (Lipinski definition) is 2. The van der Waals surface area contributed by atoms with Crippen LogP contribution in [-0.2, 0) is 17.6 Å². The molecule has 0 saturated heterocycles. The van der Waals surface area contributed by atoms with Gasteiger partial charge in [0, 0.05) is 31.4 Å². The number of nitrogens with zero attached hydrogens (tertiary/aromatic N) is 1. The molecule has 0 spiro atoms. The lowest BCUT2D eigenvalue weighted by molar-refractivity contribution is 0.109. The summed E-state index contributed by atoms with van der Waals surface area (Å²) in [5, 5.41) is 0. The SMILES string of the molecule is COCC1(C2=CN=CC2)Cc2ccccc2C1. The maximum absolute atomic E-state index is 5.48. The summed E-state index contributed by atoms with van der Waals surface area (Å²) < 4.78 is 5.48. The number of aliphatic imine (C=N–C) groups is 1. The van der Waals surface area contributed by atoms with Crippen LogP contribution in [0.4, 0.5) is 0 Å². The van der Waals surface area contributed by atoms with Crippen molar-refractivity contribution in [2.24, 2.45) is 10.4 Å². The molecular formula is C15H17NO. The van der Waals surface area contributed by atoms with Crippen LogP contribution in [0.5, 0.6) is 0 Å². The fourth-order valence-electron chi connectivity index (χ4n) is 3.09. The van der Waals surface area contributed by atoms with Gasteiger partial charge in [-0.3, -0.25) is 4.99 Å². The van der Waals surface area contributed by atoms with E-state index in [0.29, 0.717) is 0 Å². The van der Waals surface area contributed by atoms with Crippen molar-refractivity contribution in [2.45, 2.75) is 19.3 Å². The smallest absolute Gasteiger partial charge is 0.0563 e. The van der Waals surface area contributed by atoms with Crippen LogP contribution in [0.15, 0.2) is 41.0 Å². The Morgan fingerprint density at radius 2 is 1.94 bits per heavy atom. The van der Waals surface area contributed by atoms with E-state index in [9.17, 15) is 0 Å². The molecule has 0 atom stereocenters. The minimum Gasteiger partial charge on any atom is -0.384 e. The van der Waals surface area contributed by atoms with Crippen LogP contribution < -0.4 is 0 Å². The molecule has 0 bridgehead atoms. The average molecular weight is 227 g/mol. The van der Waals surface area contributed by atoms with Gasteiger partial charge in [0.05, 0.1) is 6.61 Å². The molecule has 1 aromatic rings. The van der Waals surface area contributed by atoms with E-state index in [4.69, 9.17) is 4.74 Å². The van der Waals surface area contributed by atoms with Crippen molar-refractivity contribution in [3.63, 3.8) is 0 Å². The zero-order valence-corrected chi connectivity index (χ0v) is 10.1. The zero-order valence-electron chi connectivity index (χ0n) is 10.1. The van der Waals surface area contributed by atoms with E-state index in [-0.39, 0.29) is 5.41 Å². The highest BCUT2D eigenvalue weighted by molar-refractivity contribution is 5.66. The van der Waals surface area contributed by atoms with Crippen molar-refractivity contribution in [2.75, 3.05) is 13.7 Å². The molecule has 1 aliphatic heterocycles. The first-order valence-electron chi connectivity index (χ1n) is 6.11. The van der Waals surface area contributed by atoms with Gasteiger partial charge in [-0.05, 0) is 29.5 Å². The maximum Gasteiger partial charge on any atom is 0.0563 e. The average Bonchev–Trinajstić information content (AvgIpc) is 2.96. The number of ether oxygens (including phenoxy) is 1. The fourth-order valence-corrected chi connectivity index (χ4v) is 3.09. The van der Waals surface area contributed by atoms with E-state index in [0.717, 1.165) is 25.9 Å². The van der Waals surface area contributed by atoms with Crippen molar-refractivity contribution in [1.82, 2.24) is 0 Å². The summed E-state index contributed by atoms with van der Waals surface area (Å²) in [7, 11) is 1.79. The lowest BCUT2D eigenvalue weighted by Crippen LogP contribution is -2.29. The van der Waals surface area contributed by atoms with E-state index >= 15 is 0 Å². The van der Waals surface area contributed by atoms with Crippen LogP contribution in [0.25, 0.3) is 0 Å². The summed E-state index contributed by atoms with van der Waals surface area (Å²) in [6.07, 6.45) is 7.19. The Hall–Kier alpha value is -1.41. The van der Waals surface area contributed by atoms with Crippen molar-refractivity contribution < 1.29 is 4.74 Å². The Bertz CT molecular complexity index is 462. The Kier molecular flexibility index (Phi) is 2.60. The summed E-state index contributed by atoms with van der Waals surface area (Å²) in [5.41, 5.74) is 4.51. The zero-order chi connectivity index (χ0) is 11.7. The van der Waals surface area contributed by atoms with Gasteiger partial charge in [-0.1, -0.05) is 24.3 Å². The largest absolute Gasteiger partial charge is 0.384 e. The Balaban J connectivity index is 1.95. The van der Waals surface area contributed by atoms with Gasteiger partial charge in [0.1, 0.15) is 0 Å². The molecule has 0 N–H and O–H groups in total. The van der Waals surface area contributed by atoms with Crippen molar-refractivity contribution in [3.05, 3.63) is 47.2 Å². The molecule has 1 heterocycles. The molecule has 3 rings (SSSR count). The topological polar surface area (TPSA) is 21.6 Å². The van der Waals surface area contributed by atoms with Gasteiger partial charge in [0.15, 0.2) is 0 Å². The lowest BCUT2D eigenvalue weighted by atomic mass is 9.77. The third kappa shape index (κ3) is 1.73. The number of fused-ring (bicyclic) bond motifs is 1. The highest BCUT2D eigenvalue weighted by atomic mass is 16.5. The summed E-state index contributed by atoms with van der Waals surface area (Å²) in [6, 6.07) is 8.73. The van der Waals surface area contributed by atoms with E-state index in [1.807, 2.05) is 12.4 Å². The molecular weight excluding hydrogens is 210 g/mol. The second kappa shape index (κ2) is 4.11. The summed E-state index contributed by atoms with van der Waals surface area (Å²) in [6.45, 7) is 0.789. The molecule has 2 heteroatoms. The van der Waals surface area contributed by atoms with Crippen molar-refractivity contribution in [3.8, 4) is 0 Å². The molecule has 0 radical (unpaired) electrons. The van der Waals surface area contributed by atoms with Gasteiger partial charge >= 0.3 is 0 Å². The highest BCUT2D eigenvalue weighted by Gasteiger charge is 2.40. The third-order valence-electron chi connectivity index (χ3n) is 3.92. The minimum atomic E-state index is 0.148. The quantitative estimate of drug-likeness (QED) is 0.778. The molecule has 1 aromatic carbocycles. The number of rotatable bonds is 3. The van der Waals surface area contributed by atoms with Gasteiger partial charge in [0.2, 0.25) is 0 Å². The van der Waals surface area contributed by atoms with Crippen LogP contribution in [0.2, 0.25) is 0 Å². The monoisotopic (exact) mass is 227 g/mol. The third-order valence-corrected chi connectivity index (χ3v) is 3.92. The van der Waals surface area contributed by atoms with Gasteiger partial charge in [-0.15, -0.1) is 0 Å². The van der Waals surface area contributed by atoms with Crippen LogP contribution in [0, 0.1) is 5.41 Å². The minimum absolute atomic E-state index is 0.148. The second-order valence-electron chi connectivity index (χ2n) is 5.03. The van der Waals surface area contributed by atoms with Crippen LogP contribution in [0.1, 0.15) is 17.5 Å². The molecule has 0 aromatic heterocycles. The Morgan fingerprint density at radius 1 is 1.24 bits per heavy atom. The maximum atomic E-state index is 5.48. The molecule has 1 aliphatic carbocycles. The predicted molar refractivity (Wildman–Crippen MR) is 69.4 cm³/mol. The summed E-state index contributed by atoms with van der Waals surface area (Å²) in [4.78, 5) is 4.26. The van der Waals surface area contributed by atoms with Gasteiger partial charge in [0.25, 0.3) is 0 Å². The van der Waals surface area contributed by atoms with Gasteiger partial charge in [-0.25, -0.2) is 0 Å². The molecule has 0 unspecified atom stereocenters. The fraction of sp³-hybridized carbons (Fsp3) is 0.400. The molecule has 2 nitrogen and oxygen atoms in total. The molecule has 17 heavy (non-hydrogen) atoms. The van der Waals surface area contributed by atoms with E-state index < -0.39 is 0 Å². The van der Waals surface area contributed by atoms with E-state index in [1.165, 1.54) is 16.7 Å².